The van der Waals surface area contributed by atoms with Gasteiger partial charge in [0.25, 0.3) is 0 Å². The van der Waals surface area contributed by atoms with Crippen molar-refractivity contribution >= 4 is 0 Å². The van der Waals surface area contributed by atoms with Gasteiger partial charge in [0.2, 0.25) is 0 Å². The molecule has 1 aromatic carbocycles. The van der Waals surface area contributed by atoms with Crippen LogP contribution in [0.3, 0.4) is 0 Å². The zero-order valence-electron chi connectivity index (χ0n) is 10.5. The summed E-state index contributed by atoms with van der Waals surface area (Å²) in [7, 11) is 2.06. The first-order chi connectivity index (χ1) is 7.72. The highest BCUT2D eigenvalue weighted by Gasteiger charge is 2.24. The van der Waals surface area contributed by atoms with Gasteiger partial charge in [-0.25, -0.2) is 0 Å². The monoisotopic (exact) mass is 218 g/mol. The molecular weight excluding hydrogens is 196 g/mol. The molecule has 1 aliphatic heterocycles. The highest BCUT2D eigenvalue weighted by atomic mass is 15.0. The molecule has 1 fully saturated rings. The van der Waals surface area contributed by atoms with Crippen LogP contribution in [0.1, 0.15) is 35.6 Å². The first-order valence-corrected chi connectivity index (χ1v) is 6.20. The lowest BCUT2D eigenvalue weighted by molar-refractivity contribution is 0.440. The standard InChI is InChI=1S/C14H22N2/c1-10-6-7-12(9-11(10)2)14(15-3)13-5-4-8-16-13/h6-7,9,13-16H,4-5,8H2,1-3H3. The van der Waals surface area contributed by atoms with E-state index >= 15 is 0 Å². The maximum Gasteiger partial charge on any atom is 0.0473 e. The predicted molar refractivity (Wildman–Crippen MR) is 68.7 cm³/mol. The highest BCUT2D eigenvalue weighted by molar-refractivity contribution is 5.32. The van der Waals surface area contributed by atoms with Crippen molar-refractivity contribution in [1.82, 2.24) is 10.6 Å². The van der Waals surface area contributed by atoms with Gasteiger partial charge in [-0.1, -0.05) is 18.2 Å². The fourth-order valence-electron chi connectivity index (χ4n) is 2.55. The lowest BCUT2D eigenvalue weighted by Crippen LogP contribution is -2.36. The van der Waals surface area contributed by atoms with E-state index in [9.17, 15) is 0 Å². The van der Waals surface area contributed by atoms with Gasteiger partial charge in [-0.15, -0.1) is 0 Å². The van der Waals surface area contributed by atoms with Gasteiger partial charge >= 0.3 is 0 Å². The molecule has 0 bridgehead atoms. The summed E-state index contributed by atoms with van der Waals surface area (Å²) in [5, 5.41) is 7.02. The van der Waals surface area contributed by atoms with Gasteiger partial charge in [0.1, 0.15) is 0 Å². The number of hydrogen-bond acceptors (Lipinski definition) is 2. The van der Waals surface area contributed by atoms with E-state index in [2.05, 4.69) is 49.7 Å². The second kappa shape index (κ2) is 4.98. The van der Waals surface area contributed by atoms with Crippen LogP contribution >= 0.6 is 0 Å². The number of benzene rings is 1. The van der Waals surface area contributed by atoms with Crippen LogP contribution in [-0.2, 0) is 0 Å². The molecule has 0 radical (unpaired) electrons. The van der Waals surface area contributed by atoms with E-state index in [0.29, 0.717) is 12.1 Å². The van der Waals surface area contributed by atoms with Crippen LogP contribution in [-0.4, -0.2) is 19.6 Å². The molecular formula is C14H22N2. The van der Waals surface area contributed by atoms with Crippen molar-refractivity contribution in [2.45, 2.75) is 38.8 Å². The van der Waals surface area contributed by atoms with Gasteiger partial charge in [-0.05, 0) is 57.0 Å². The fraction of sp³-hybridized carbons (Fsp3) is 0.571. The lowest BCUT2D eigenvalue weighted by Gasteiger charge is -2.24. The molecule has 2 atom stereocenters. The normalized spacial score (nSPS) is 22.3. The third-order valence-corrected chi connectivity index (χ3v) is 3.70. The smallest absolute Gasteiger partial charge is 0.0473 e. The molecule has 1 heterocycles. The van der Waals surface area contributed by atoms with E-state index < -0.39 is 0 Å². The Kier molecular flexibility index (Phi) is 3.62. The highest BCUT2D eigenvalue weighted by Crippen LogP contribution is 2.24. The molecule has 1 aliphatic rings. The summed E-state index contributed by atoms with van der Waals surface area (Å²) in [6, 6.07) is 7.83. The molecule has 2 nitrogen and oxygen atoms in total. The third-order valence-electron chi connectivity index (χ3n) is 3.70. The predicted octanol–water partition coefficient (Wildman–Crippen LogP) is 2.32. The van der Waals surface area contributed by atoms with Gasteiger partial charge in [0, 0.05) is 12.1 Å². The Morgan fingerprint density at radius 3 is 2.69 bits per heavy atom. The number of nitrogens with one attached hydrogen (secondary N) is 2. The molecule has 1 aromatic rings. The van der Waals surface area contributed by atoms with Gasteiger partial charge in [0.05, 0.1) is 0 Å². The van der Waals surface area contributed by atoms with E-state index in [1.54, 1.807) is 0 Å². The van der Waals surface area contributed by atoms with E-state index in [0.717, 1.165) is 6.54 Å². The van der Waals surface area contributed by atoms with Crippen molar-refractivity contribution in [1.29, 1.82) is 0 Å². The SMILES string of the molecule is CNC(c1ccc(C)c(C)c1)C1CCCN1. The van der Waals surface area contributed by atoms with Crippen LogP contribution in [0.5, 0.6) is 0 Å². The van der Waals surface area contributed by atoms with Crippen molar-refractivity contribution in [2.75, 3.05) is 13.6 Å². The van der Waals surface area contributed by atoms with Crippen LogP contribution in [0.2, 0.25) is 0 Å². The average Bonchev–Trinajstić information content (AvgIpc) is 2.78. The topological polar surface area (TPSA) is 24.1 Å². The van der Waals surface area contributed by atoms with E-state index in [1.165, 1.54) is 29.5 Å². The zero-order valence-corrected chi connectivity index (χ0v) is 10.5. The Balaban J connectivity index is 2.22. The second-order valence-electron chi connectivity index (χ2n) is 4.81. The Labute approximate surface area is 98.4 Å². The number of hydrogen-bond donors (Lipinski definition) is 2. The maximum atomic E-state index is 3.58. The summed E-state index contributed by atoms with van der Waals surface area (Å²) < 4.78 is 0. The minimum absolute atomic E-state index is 0.446. The Morgan fingerprint density at radius 2 is 2.12 bits per heavy atom. The molecule has 16 heavy (non-hydrogen) atoms. The molecule has 2 rings (SSSR count). The van der Waals surface area contributed by atoms with Gasteiger partial charge < -0.3 is 10.6 Å². The Hall–Kier alpha value is -0.860. The fourth-order valence-corrected chi connectivity index (χ4v) is 2.55. The van der Waals surface area contributed by atoms with Crippen molar-refractivity contribution < 1.29 is 0 Å². The first-order valence-electron chi connectivity index (χ1n) is 6.20. The van der Waals surface area contributed by atoms with E-state index in [-0.39, 0.29) is 0 Å². The average molecular weight is 218 g/mol. The summed E-state index contributed by atoms with van der Waals surface area (Å²) in [5.74, 6) is 0. The lowest BCUT2D eigenvalue weighted by atomic mass is 9.95. The van der Waals surface area contributed by atoms with Crippen molar-refractivity contribution in [3.8, 4) is 0 Å². The van der Waals surface area contributed by atoms with Crippen molar-refractivity contribution in [3.63, 3.8) is 0 Å². The van der Waals surface area contributed by atoms with Crippen LogP contribution in [0.4, 0.5) is 0 Å². The van der Waals surface area contributed by atoms with Crippen LogP contribution < -0.4 is 10.6 Å². The molecule has 0 aliphatic carbocycles. The van der Waals surface area contributed by atoms with Gasteiger partial charge in [-0.3, -0.25) is 0 Å². The maximum absolute atomic E-state index is 3.58. The second-order valence-corrected chi connectivity index (χ2v) is 4.81. The Morgan fingerprint density at radius 1 is 1.31 bits per heavy atom. The van der Waals surface area contributed by atoms with Crippen molar-refractivity contribution in [2.24, 2.45) is 0 Å². The molecule has 0 spiro atoms. The molecule has 88 valence electrons. The van der Waals surface area contributed by atoms with E-state index in [1.807, 2.05) is 0 Å². The van der Waals surface area contributed by atoms with Gasteiger partial charge in [-0.2, -0.15) is 0 Å². The zero-order chi connectivity index (χ0) is 11.5. The molecule has 0 saturated carbocycles. The quantitative estimate of drug-likeness (QED) is 0.813. The third kappa shape index (κ3) is 2.28. The molecule has 1 saturated heterocycles. The van der Waals surface area contributed by atoms with Crippen molar-refractivity contribution in [3.05, 3.63) is 34.9 Å². The van der Waals surface area contributed by atoms with Crippen LogP contribution in [0, 0.1) is 13.8 Å². The minimum atomic E-state index is 0.446. The number of rotatable bonds is 3. The molecule has 2 N–H and O–H groups in total. The molecule has 0 aromatic heterocycles. The first kappa shape index (κ1) is 11.6. The van der Waals surface area contributed by atoms with Gasteiger partial charge in [0.15, 0.2) is 0 Å². The summed E-state index contributed by atoms with van der Waals surface area (Å²) in [6.07, 6.45) is 2.58. The number of likely N-dealkylation sites (N-methyl/N-ethyl adjacent to an activating group) is 1. The molecule has 2 heteroatoms. The van der Waals surface area contributed by atoms with E-state index in [4.69, 9.17) is 0 Å². The Bertz CT molecular complexity index is 354. The molecule has 0 amide bonds. The summed E-state index contributed by atoms with van der Waals surface area (Å²) in [6.45, 7) is 5.52. The summed E-state index contributed by atoms with van der Waals surface area (Å²) >= 11 is 0. The molecule has 2 unspecified atom stereocenters. The summed E-state index contributed by atoms with van der Waals surface area (Å²) in [4.78, 5) is 0. The van der Waals surface area contributed by atoms with Crippen LogP contribution in [0.15, 0.2) is 18.2 Å². The van der Waals surface area contributed by atoms with Crippen LogP contribution in [0.25, 0.3) is 0 Å². The largest absolute Gasteiger partial charge is 0.312 e. The summed E-state index contributed by atoms with van der Waals surface area (Å²) in [5.41, 5.74) is 4.17. The number of aryl methyl sites for hydroxylation is 2. The minimum Gasteiger partial charge on any atom is -0.312 e.